The van der Waals surface area contributed by atoms with Gasteiger partial charge in [0.05, 0.1) is 12.4 Å². The van der Waals surface area contributed by atoms with Crippen LogP contribution < -0.4 is 0 Å². The van der Waals surface area contributed by atoms with Gasteiger partial charge in [0, 0.05) is 11.3 Å². The first-order valence-corrected chi connectivity index (χ1v) is 9.54. The fourth-order valence-corrected chi connectivity index (χ4v) is 8.69. The zero-order valence-electron chi connectivity index (χ0n) is 13.5. The van der Waals surface area contributed by atoms with Crippen LogP contribution in [0.5, 0.6) is 0 Å². The van der Waals surface area contributed by atoms with Gasteiger partial charge in [-0.05, 0) is 28.2 Å². The van der Waals surface area contributed by atoms with E-state index in [-0.39, 0.29) is 0 Å². The fourth-order valence-electron chi connectivity index (χ4n) is 3.35. The Labute approximate surface area is 123 Å². The average molecular weight is 297 g/mol. The molecule has 0 aromatic heterocycles. The highest BCUT2D eigenvalue weighted by atomic mass is 28.4. The van der Waals surface area contributed by atoms with Crippen LogP contribution in [0.1, 0.15) is 48.0 Å². The van der Waals surface area contributed by atoms with Gasteiger partial charge in [-0.2, -0.15) is 0 Å². The van der Waals surface area contributed by atoms with Crippen LogP contribution in [0, 0.1) is 0 Å². The Bertz CT molecular complexity index is 379. The van der Waals surface area contributed by atoms with E-state index in [9.17, 15) is 0 Å². The van der Waals surface area contributed by atoms with Crippen LogP contribution in [-0.2, 0) is 9.16 Å². The van der Waals surface area contributed by atoms with Gasteiger partial charge in [0.15, 0.2) is 6.23 Å². The van der Waals surface area contributed by atoms with Crippen molar-refractivity contribution in [1.82, 2.24) is 0 Å². The van der Waals surface area contributed by atoms with Gasteiger partial charge in [-0.15, -0.1) is 0 Å². The first-order chi connectivity index (χ1) is 9.34. The van der Waals surface area contributed by atoms with Gasteiger partial charge in [-0.1, -0.05) is 46.7 Å². The number of hydrogen-bond donors (Lipinski definition) is 0. The molecule has 1 aliphatic heterocycles. The molecule has 0 bridgehead atoms. The van der Waals surface area contributed by atoms with Gasteiger partial charge in [-0.25, -0.2) is 0 Å². The summed E-state index contributed by atoms with van der Waals surface area (Å²) in [5, 5.41) is 3.62. The lowest BCUT2D eigenvalue weighted by Crippen LogP contribution is -2.47. The molecule has 1 aliphatic rings. The molecule has 114 valence electrons. The summed E-state index contributed by atoms with van der Waals surface area (Å²) in [5.74, 6) is 0.941. The van der Waals surface area contributed by atoms with Crippen molar-refractivity contribution in [3.05, 3.63) is 22.3 Å². The lowest BCUT2D eigenvalue weighted by molar-refractivity contribution is 0.0693. The van der Waals surface area contributed by atoms with Crippen LogP contribution in [0.15, 0.2) is 16.9 Å². The van der Waals surface area contributed by atoms with Crippen LogP contribution in [0.2, 0.25) is 16.6 Å². The molecule has 1 unspecified atom stereocenters. The van der Waals surface area contributed by atoms with Crippen molar-refractivity contribution in [2.45, 2.75) is 70.8 Å². The second kappa shape index (κ2) is 7.15. The molecule has 0 aromatic rings. The maximum atomic E-state index is 8.52. The molecule has 0 aromatic carbocycles. The van der Waals surface area contributed by atoms with Gasteiger partial charge in [-0.3, -0.25) is 0 Å². The molecule has 20 heavy (non-hydrogen) atoms. The van der Waals surface area contributed by atoms with Crippen molar-refractivity contribution in [1.29, 1.82) is 0 Å². The summed E-state index contributed by atoms with van der Waals surface area (Å²) >= 11 is 0. The number of hydrogen-bond acceptors (Lipinski definition) is 3. The van der Waals surface area contributed by atoms with Gasteiger partial charge >= 0.3 is 0 Å². The van der Waals surface area contributed by atoms with Crippen molar-refractivity contribution in [3.63, 3.8) is 0 Å². The van der Waals surface area contributed by atoms with Crippen molar-refractivity contribution in [3.8, 4) is 0 Å². The number of rotatable bonds is 6. The minimum Gasteiger partial charge on any atom is -0.546 e. The second-order valence-corrected chi connectivity index (χ2v) is 11.6. The molecule has 0 aliphatic carbocycles. The quantitative estimate of drug-likeness (QED) is 0.295. The molecule has 0 saturated carbocycles. The number of azide groups is 1. The predicted molar refractivity (Wildman–Crippen MR) is 83.7 cm³/mol. The highest BCUT2D eigenvalue weighted by Crippen LogP contribution is 2.44. The smallest absolute Gasteiger partial charge is 0.258 e. The Balaban J connectivity index is 3.03. The lowest BCUT2D eigenvalue weighted by Gasteiger charge is -2.43. The van der Waals surface area contributed by atoms with E-state index in [1.54, 1.807) is 0 Å². The molecule has 1 atom stereocenters. The maximum absolute atomic E-state index is 8.52. The zero-order chi connectivity index (χ0) is 15.3. The molecule has 1 rings (SSSR count). The summed E-state index contributed by atoms with van der Waals surface area (Å²) in [6, 6.07) is 0. The molecule has 0 amide bonds. The number of ether oxygens (including phenoxy) is 1. The van der Waals surface area contributed by atoms with Gasteiger partial charge in [0.2, 0.25) is 0 Å². The van der Waals surface area contributed by atoms with Gasteiger partial charge in [0.1, 0.15) is 0 Å². The molecular weight excluding hydrogens is 270 g/mol. The molecule has 6 heteroatoms. The third-order valence-electron chi connectivity index (χ3n) is 4.15. The van der Waals surface area contributed by atoms with Crippen LogP contribution in [-0.4, -0.2) is 21.2 Å². The largest absolute Gasteiger partial charge is 0.546 e. The van der Waals surface area contributed by atoms with Crippen molar-refractivity contribution >= 4 is 8.32 Å². The third kappa shape index (κ3) is 3.56. The van der Waals surface area contributed by atoms with Crippen molar-refractivity contribution in [2.75, 3.05) is 6.61 Å². The summed E-state index contributed by atoms with van der Waals surface area (Å²) in [4.78, 5) is 2.81. The molecule has 0 saturated heterocycles. The predicted octanol–water partition coefficient (Wildman–Crippen LogP) is 5.12. The van der Waals surface area contributed by atoms with Crippen molar-refractivity contribution in [2.24, 2.45) is 5.11 Å². The maximum Gasteiger partial charge on any atom is 0.258 e. The average Bonchev–Trinajstić information content (AvgIpc) is 2.35. The normalized spacial score (nSPS) is 20.1. The fraction of sp³-hybridized carbons (Fsp3) is 0.857. The number of nitrogens with zero attached hydrogens (tertiary/aromatic N) is 3. The molecule has 0 fully saturated rings. The van der Waals surface area contributed by atoms with Gasteiger partial charge in [0.25, 0.3) is 8.32 Å². The second-order valence-electron chi connectivity index (χ2n) is 6.27. The molecule has 0 spiro atoms. The lowest BCUT2D eigenvalue weighted by atomic mass is 10.3. The van der Waals surface area contributed by atoms with E-state index in [2.05, 4.69) is 51.6 Å². The molecule has 0 radical (unpaired) electrons. The van der Waals surface area contributed by atoms with Crippen LogP contribution >= 0.6 is 0 Å². The Morgan fingerprint density at radius 2 is 1.80 bits per heavy atom. The van der Waals surface area contributed by atoms with E-state index < -0.39 is 14.5 Å². The summed E-state index contributed by atoms with van der Waals surface area (Å²) in [7, 11) is -1.93. The topological polar surface area (TPSA) is 67.2 Å². The van der Waals surface area contributed by atoms with Crippen LogP contribution in [0.25, 0.3) is 10.4 Å². The molecule has 0 N–H and O–H groups in total. The molecular formula is C14H27N3O2Si. The highest BCUT2D eigenvalue weighted by molar-refractivity contribution is 6.77. The summed E-state index contributed by atoms with van der Waals surface area (Å²) in [5.41, 5.74) is 10.1. The van der Waals surface area contributed by atoms with Crippen LogP contribution in [0.4, 0.5) is 0 Å². The Morgan fingerprint density at radius 3 is 2.25 bits per heavy atom. The monoisotopic (exact) mass is 297 g/mol. The minimum absolute atomic E-state index is 0.526. The van der Waals surface area contributed by atoms with Crippen molar-refractivity contribution < 1.29 is 9.16 Å². The van der Waals surface area contributed by atoms with E-state index in [1.807, 2.05) is 6.08 Å². The van der Waals surface area contributed by atoms with E-state index in [0.29, 0.717) is 23.2 Å². The van der Waals surface area contributed by atoms with E-state index in [0.717, 1.165) is 12.2 Å². The Kier molecular flexibility index (Phi) is 6.11. The Hall–Kier alpha value is -0.973. The summed E-state index contributed by atoms with van der Waals surface area (Å²) < 4.78 is 12.0. The molecule has 1 heterocycles. The summed E-state index contributed by atoms with van der Waals surface area (Å²) in [6.45, 7) is 14.1. The Morgan fingerprint density at radius 1 is 1.25 bits per heavy atom. The SMILES string of the molecule is CC(C)[Si](OC1=CC(N=[N+]=[N-])OCC1)(C(C)C)C(C)C. The minimum atomic E-state index is -1.93. The highest BCUT2D eigenvalue weighted by Gasteiger charge is 2.47. The molecule has 5 nitrogen and oxygen atoms in total. The first-order valence-electron chi connectivity index (χ1n) is 7.40. The van der Waals surface area contributed by atoms with E-state index in [4.69, 9.17) is 14.7 Å². The van der Waals surface area contributed by atoms with E-state index in [1.165, 1.54) is 0 Å². The third-order valence-corrected chi connectivity index (χ3v) is 10.2. The van der Waals surface area contributed by atoms with Crippen LogP contribution in [0.3, 0.4) is 0 Å². The van der Waals surface area contributed by atoms with E-state index >= 15 is 0 Å². The standard InChI is InChI=1S/C14H27N3O2Si/c1-10(2)20(11(3)4,12(5)6)19-13-7-8-18-14(9-13)16-17-15/h9-12,14H,7-8H2,1-6H3. The summed E-state index contributed by atoms with van der Waals surface area (Å²) in [6.07, 6.45) is 2.07. The zero-order valence-corrected chi connectivity index (χ0v) is 14.5. The first kappa shape index (κ1) is 17.1. The van der Waals surface area contributed by atoms with Gasteiger partial charge < -0.3 is 9.16 Å².